The maximum atomic E-state index is 13.9. The Morgan fingerprint density at radius 3 is 3.12 bits per heavy atom. The van der Waals surface area contributed by atoms with Gasteiger partial charge in [0.25, 0.3) is 0 Å². The van der Waals surface area contributed by atoms with Crippen LogP contribution in [0.4, 0.5) is 4.39 Å². The van der Waals surface area contributed by atoms with Gasteiger partial charge in [0.15, 0.2) is 0 Å². The first kappa shape index (κ1) is 17.7. The Balaban J connectivity index is 1.54. The average molecular weight is 353 g/mol. The molecule has 0 aliphatic carbocycles. The lowest BCUT2D eigenvalue weighted by Crippen LogP contribution is -2.39. The highest BCUT2D eigenvalue weighted by Crippen LogP contribution is 2.37. The Labute approximate surface area is 146 Å². The summed E-state index contributed by atoms with van der Waals surface area (Å²) >= 11 is 1.51. The number of thioether (sulfide) groups is 1. The van der Waals surface area contributed by atoms with Gasteiger partial charge < -0.3 is 14.8 Å². The molecule has 1 aromatic rings. The summed E-state index contributed by atoms with van der Waals surface area (Å²) in [5.74, 6) is 0.428. The molecule has 132 valence electrons. The molecule has 0 aromatic heterocycles. The zero-order chi connectivity index (χ0) is 16.9. The van der Waals surface area contributed by atoms with Crippen LogP contribution in [0, 0.1) is 5.82 Å². The number of carbonyl (C=O) groups is 1. The van der Waals surface area contributed by atoms with Crippen molar-refractivity contribution in [3.8, 4) is 0 Å². The molecule has 1 N–H and O–H groups in total. The summed E-state index contributed by atoms with van der Waals surface area (Å²) in [4.78, 5) is 13.1. The Hall–Kier alpha value is -1.11. The zero-order valence-electron chi connectivity index (χ0n) is 13.9. The van der Waals surface area contributed by atoms with Crippen molar-refractivity contribution < 1.29 is 18.7 Å². The molecular weight excluding hydrogens is 329 g/mol. The molecule has 1 fully saturated rings. The molecule has 3 rings (SSSR count). The van der Waals surface area contributed by atoms with Crippen LogP contribution in [0.1, 0.15) is 44.2 Å². The number of halogens is 1. The number of carbonyl (C=O) groups excluding carboxylic acids is 1. The quantitative estimate of drug-likeness (QED) is 0.881. The van der Waals surface area contributed by atoms with E-state index in [1.165, 1.54) is 17.8 Å². The predicted molar refractivity (Wildman–Crippen MR) is 91.6 cm³/mol. The monoisotopic (exact) mass is 353 g/mol. The highest BCUT2D eigenvalue weighted by molar-refractivity contribution is 7.99. The van der Waals surface area contributed by atoms with Gasteiger partial charge in [-0.2, -0.15) is 0 Å². The zero-order valence-corrected chi connectivity index (χ0v) is 14.7. The number of rotatable bonds is 5. The van der Waals surface area contributed by atoms with E-state index in [0.717, 1.165) is 43.6 Å². The van der Waals surface area contributed by atoms with Crippen LogP contribution < -0.4 is 5.32 Å². The minimum Gasteiger partial charge on any atom is -0.376 e. The van der Waals surface area contributed by atoms with Crippen LogP contribution in [-0.2, 0) is 14.3 Å². The van der Waals surface area contributed by atoms with Gasteiger partial charge in [-0.25, -0.2) is 4.39 Å². The minimum absolute atomic E-state index is 0.0925. The van der Waals surface area contributed by atoms with E-state index < -0.39 is 6.10 Å². The van der Waals surface area contributed by atoms with E-state index in [-0.39, 0.29) is 23.9 Å². The molecule has 6 heteroatoms. The van der Waals surface area contributed by atoms with Crippen molar-refractivity contribution in [2.75, 3.05) is 19.0 Å². The molecule has 4 nitrogen and oxygen atoms in total. The molecule has 2 aliphatic heterocycles. The number of nitrogens with one attached hydrogen (secondary N) is 1. The summed E-state index contributed by atoms with van der Waals surface area (Å²) in [5, 5.41) is 3.01. The second-order valence-corrected chi connectivity index (χ2v) is 7.43. The number of hydrogen-bond acceptors (Lipinski definition) is 4. The fourth-order valence-electron chi connectivity index (χ4n) is 3.09. The van der Waals surface area contributed by atoms with Gasteiger partial charge >= 0.3 is 0 Å². The molecule has 0 radical (unpaired) electrons. The van der Waals surface area contributed by atoms with Gasteiger partial charge in [-0.05, 0) is 44.2 Å². The van der Waals surface area contributed by atoms with Crippen molar-refractivity contribution in [1.82, 2.24) is 5.32 Å². The van der Waals surface area contributed by atoms with Gasteiger partial charge in [-0.15, -0.1) is 11.8 Å². The number of amides is 1. The molecule has 24 heavy (non-hydrogen) atoms. The third-order valence-corrected chi connectivity index (χ3v) is 5.68. The summed E-state index contributed by atoms with van der Waals surface area (Å²) in [5.41, 5.74) is 0.863. The van der Waals surface area contributed by atoms with Crippen LogP contribution in [0.5, 0.6) is 0 Å². The molecule has 1 aromatic carbocycles. The molecule has 2 aliphatic rings. The first-order valence-corrected chi connectivity index (χ1v) is 9.58. The normalized spacial score (nSPS) is 24.9. The molecular formula is C18H24FNO3S. The van der Waals surface area contributed by atoms with Crippen LogP contribution in [0.15, 0.2) is 23.1 Å². The second kappa shape index (κ2) is 8.32. The summed E-state index contributed by atoms with van der Waals surface area (Å²) in [6, 6.07) is 4.89. The Kier molecular flexibility index (Phi) is 6.14. The highest BCUT2D eigenvalue weighted by atomic mass is 32.2. The smallest absolute Gasteiger partial charge is 0.249 e. The van der Waals surface area contributed by atoms with E-state index in [9.17, 15) is 9.18 Å². The molecule has 3 atom stereocenters. The largest absolute Gasteiger partial charge is 0.376 e. The van der Waals surface area contributed by atoms with Crippen molar-refractivity contribution in [3.05, 3.63) is 29.6 Å². The van der Waals surface area contributed by atoms with Gasteiger partial charge in [0.05, 0.1) is 18.8 Å². The van der Waals surface area contributed by atoms with Gasteiger partial charge in [0, 0.05) is 17.3 Å². The first-order valence-electron chi connectivity index (χ1n) is 8.60. The lowest BCUT2D eigenvalue weighted by molar-refractivity contribution is -0.136. The standard InChI is InChI=1S/C18H24FNO3S/c1-12(23-11-13-5-2-3-9-22-13)18(21)20-16-8-10-24-17-14(16)6-4-7-15(17)19/h4,6-7,12-13,16H,2-3,5,8-11H2,1H3,(H,20,21). The van der Waals surface area contributed by atoms with Gasteiger partial charge in [0.1, 0.15) is 11.9 Å². The van der Waals surface area contributed by atoms with E-state index in [1.807, 2.05) is 6.07 Å². The summed E-state index contributed by atoms with van der Waals surface area (Å²) < 4.78 is 25.2. The van der Waals surface area contributed by atoms with Crippen molar-refractivity contribution in [1.29, 1.82) is 0 Å². The Bertz CT molecular complexity index is 577. The molecule has 0 bridgehead atoms. The number of benzene rings is 1. The summed E-state index contributed by atoms with van der Waals surface area (Å²) in [6.07, 6.45) is 3.59. The molecule has 2 heterocycles. The maximum Gasteiger partial charge on any atom is 0.249 e. The number of ether oxygens (including phenoxy) is 2. The fraction of sp³-hybridized carbons (Fsp3) is 0.611. The minimum atomic E-state index is -0.540. The van der Waals surface area contributed by atoms with Crippen LogP contribution in [0.3, 0.4) is 0 Å². The average Bonchev–Trinajstić information content (AvgIpc) is 2.61. The Morgan fingerprint density at radius 1 is 1.46 bits per heavy atom. The first-order chi connectivity index (χ1) is 11.6. The van der Waals surface area contributed by atoms with E-state index in [2.05, 4.69) is 5.32 Å². The van der Waals surface area contributed by atoms with Gasteiger partial charge in [-0.3, -0.25) is 4.79 Å². The predicted octanol–water partition coefficient (Wildman–Crippen LogP) is 3.45. The summed E-state index contributed by atoms with van der Waals surface area (Å²) in [6.45, 7) is 2.97. The lowest BCUT2D eigenvalue weighted by atomic mass is 10.0. The SMILES string of the molecule is CC(OCC1CCCCO1)C(=O)NC1CCSc2c(F)cccc21. The van der Waals surface area contributed by atoms with E-state index in [1.54, 1.807) is 13.0 Å². The molecule has 1 amide bonds. The van der Waals surface area contributed by atoms with E-state index in [0.29, 0.717) is 11.5 Å². The molecule has 0 saturated carbocycles. The second-order valence-electron chi connectivity index (χ2n) is 6.32. The van der Waals surface area contributed by atoms with Crippen LogP contribution in [-0.4, -0.2) is 37.1 Å². The van der Waals surface area contributed by atoms with Crippen molar-refractivity contribution in [2.24, 2.45) is 0 Å². The third-order valence-electron chi connectivity index (χ3n) is 4.52. The van der Waals surface area contributed by atoms with E-state index in [4.69, 9.17) is 9.47 Å². The third kappa shape index (κ3) is 4.29. The van der Waals surface area contributed by atoms with Gasteiger partial charge in [0.2, 0.25) is 5.91 Å². The lowest BCUT2D eigenvalue weighted by Gasteiger charge is -2.28. The molecule has 0 spiro atoms. The topological polar surface area (TPSA) is 47.6 Å². The fourth-order valence-corrected chi connectivity index (χ4v) is 4.23. The van der Waals surface area contributed by atoms with Crippen LogP contribution in [0.25, 0.3) is 0 Å². The van der Waals surface area contributed by atoms with Crippen molar-refractivity contribution in [2.45, 2.75) is 55.8 Å². The van der Waals surface area contributed by atoms with Crippen LogP contribution >= 0.6 is 11.8 Å². The van der Waals surface area contributed by atoms with Crippen LogP contribution in [0.2, 0.25) is 0 Å². The van der Waals surface area contributed by atoms with Crippen molar-refractivity contribution >= 4 is 17.7 Å². The number of fused-ring (bicyclic) bond motifs is 1. The van der Waals surface area contributed by atoms with Gasteiger partial charge in [-0.1, -0.05) is 12.1 Å². The van der Waals surface area contributed by atoms with Crippen molar-refractivity contribution in [3.63, 3.8) is 0 Å². The molecule has 1 saturated heterocycles. The Morgan fingerprint density at radius 2 is 2.33 bits per heavy atom. The maximum absolute atomic E-state index is 13.9. The number of hydrogen-bond donors (Lipinski definition) is 1. The van der Waals surface area contributed by atoms with E-state index >= 15 is 0 Å². The highest BCUT2D eigenvalue weighted by Gasteiger charge is 2.26. The molecule has 3 unspecified atom stereocenters. The summed E-state index contributed by atoms with van der Waals surface area (Å²) in [7, 11) is 0.